The molecule has 0 aliphatic heterocycles. The second-order valence-electron chi connectivity index (χ2n) is 6.67. The van der Waals surface area contributed by atoms with E-state index in [9.17, 15) is 0 Å². The van der Waals surface area contributed by atoms with Crippen LogP contribution in [-0.2, 0) is 25.8 Å². The predicted molar refractivity (Wildman–Crippen MR) is 103 cm³/mol. The van der Waals surface area contributed by atoms with Gasteiger partial charge in [0.15, 0.2) is 0 Å². The van der Waals surface area contributed by atoms with E-state index in [1.54, 1.807) is 0 Å². The number of allylic oxidation sites excluding steroid dienone is 1. The van der Waals surface area contributed by atoms with Gasteiger partial charge in [-0.2, -0.15) is 0 Å². The van der Waals surface area contributed by atoms with Gasteiger partial charge in [0.2, 0.25) is 0 Å². The van der Waals surface area contributed by atoms with E-state index in [0.717, 1.165) is 6.42 Å². The summed E-state index contributed by atoms with van der Waals surface area (Å²) < 4.78 is 0.300. The third-order valence-corrected chi connectivity index (χ3v) is 10.4. The van der Waals surface area contributed by atoms with E-state index in [0.29, 0.717) is 3.63 Å². The van der Waals surface area contributed by atoms with Gasteiger partial charge in [0.25, 0.3) is 0 Å². The summed E-state index contributed by atoms with van der Waals surface area (Å²) >= 11 is -2.39. The van der Waals surface area contributed by atoms with Gasteiger partial charge in [-0.3, -0.25) is 0 Å². The molecule has 1 aliphatic carbocycles. The summed E-state index contributed by atoms with van der Waals surface area (Å²) in [5, 5.41) is 0. The fourth-order valence-corrected chi connectivity index (χ4v) is 9.44. The Labute approximate surface area is 160 Å². The third kappa shape index (κ3) is 3.60. The van der Waals surface area contributed by atoms with Crippen molar-refractivity contribution in [3.63, 3.8) is 0 Å². The van der Waals surface area contributed by atoms with Crippen LogP contribution >= 0.6 is 17.0 Å². The number of benzene rings is 2. The minimum absolute atomic E-state index is 0.300. The molecule has 0 heterocycles. The van der Waals surface area contributed by atoms with Crippen molar-refractivity contribution in [1.82, 2.24) is 0 Å². The predicted octanol–water partition coefficient (Wildman–Crippen LogP) is 7.39. The number of rotatable bonds is 5. The first kappa shape index (κ1) is 18.4. The summed E-state index contributed by atoms with van der Waals surface area (Å²) in [5.74, 6) is 0. The molecule has 1 unspecified atom stereocenters. The summed E-state index contributed by atoms with van der Waals surface area (Å²) in [6.45, 7) is 6.59. The minimum atomic E-state index is -2.39. The molecule has 2 aromatic rings. The average molecular weight is 438 g/mol. The van der Waals surface area contributed by atoms with E-state index in [1.165, 1.54) is 51.8 Å². The Morgan fingerprint density at radius 1 is 1.00 bits per heavy atom. The summed E-state index contributed by atoms with van der Waals surface area (Å²) in [6, 6.07) is 13.5. The molecule has 0 N–H and O–H groups in total. The van der Waals surface area contributed by atoms with E-state index in [2.05, 4.69) is 63.2 Å². The summed E-state index contributed by atoms with van der Waals surface area (Å²) in [6.07, 6.45) is 5.96. The Morgan fingerprint density at radius 2 is 1.71 bits per heavy atom. The first-order valence-corrected chi connectivity index (χ1v) is 16.4. The van der Waals surface area contributed by atoms with E-state index < -0.39 is 19.4 Å². The molecular formula is C21H23Cl2Zr. The normalized spacial score (nSPS) is 16.0. The van der Waals surface area contributed by atoms with Crippen molar-refractivity contribution in [2.24, 2.45) is 0 Å². The molecule has 0 spiro atoms. The van der Waals surface area contributed by atoms with Crippen LogP contribution in [0, 0.1) is 6.92 Å². The van der Waals surface area contributed by atoms with Crippen LogP contribution in [0.2, 0.25) is 0 Å². The fourth-order valence-electron chi connectivity index (χ4n) is 3.59. The number of hydrogen-bond donors (Lipinski definition) is 0. The molecule has 0 fully saturated rings. The monoisotopic (exact) mass is 435 g/mol. The number of unbranched alkanes of at least 4 members (excludes halogenated alkanes) is 1. The number of aryl methyl sites for hydroxylation is 2. The van der Waals surface area contributed by atoms with Crippen molar-refractivity contribution >= 4 is 23.1 Å². The molecule has 1 aliphatic rings. The number of halogens is 2. The first-order valence-electron chi connectivity index (χ1n) is 8.61. The van der Waals surface area contributed by atoms with E-state index in [-0.39, 0.29) is 0 Å². The molecule has 0 saturated heterocycles. The Bertz CT molecular complexity index is 760. The van der Waals surface area contributed by atoms with E-state index >= 15 is 0 Å². The first-order chi connectivity index (χ1) is 11.5. The van der Waals surface area contributed by atoms with Crippen LogP contribution in [0.1, 0.15) is 52.6 Å². The van der Waals surface area contributed by atoms with E-state index in [1.807, 2.05) is 0 Å². The number of fused-ring (bicyclic) bond motifs is 1. The van der Waals surface area contributed by atoms with Crippen molar-refractivity contribution in [3.05, 3.63) is 64.2 Å². The van der Waals surface area contributed by atoms with Gasteiger partial charge in [-0.1, -0.05) is 0 Å². The van der Waals surface area contributed by atoms with Crippen LogP contribution in [0.15, 0.2) is 42.0 Å². The van der Waals surface area contributed by atoms with Gasteiger partial charge in [-0.25, -0.2) is 0 Å². The quantitative estimate of drug-likeness (QED) is 0.457. The molecule has 0 nitrogen and oxygen atoms in total. The SMILES string of the molecule is CCCCc1ccc(-c2ccc(C)c3c2C=C(C)[CH]3[Zr]([Cl])[Cl])cc1. The Hall–Kier alpha value is -0.357. The van der Waals surface area contributed by atoms with Gasteiger partial charge in [0.05, 0.1) is 0 Å². The van der Waals surface area contributed by atoms with Crippen molar-refractivity contribution in [2.75, 3.05) is 0 Å². The second-order valence-corrected chi connectivity index (χ2v) is 15.5. The summed E-state index contributed by atoms with van der Waals surface area (Å²) in [4.78, 5) is 0. The molecule has 0 radical (unpaired) electrons. The standard InChI is InChI=1S/C21H23.2ClH.Zr/c1-4-5-6-17-8-10-18(11-9-17)19-12-7-16(3)20-13-15(2)14-21(19)20;;;/h7-14H,4-6H2,1-3H3;2*1H;/q;;;+2/p-2. The van der Waals surface area contributed by atoms with Gasteiger partial charge in [-0.05, 0) is 0 Å². The Kier molecular flexibility index (Phi) is 6.07. The van der Waals surface area contributed by atoms with Gasteiger partial charge >= 0.3 is 161 Å². The summed E-state index contributed by atoms with van der Waals surface area (Å²) in [5.41, 5.74) is 9.36. The molecule has 1 atom stereocenters. The maximum absolute atomic E-state index is 6.47. The number of hydrogen-bond acceptors (Lipinski definition) is 0. The van der Waals surface area contributed by atoms with Crippen LogP contribution in [0.4, 0.5) is 0 Å². The van der Waals surface area contributed by atoms with Crippen LogP contribution in [0.25, 0.3) is 17.2 Å². The average Bonchev–Trinajstić information content (AvgIpc) is 2.92. The molecule has 0 amide bonds. The molecule has 24 heavy (non-hydrogen) atoms. The molecule has 3 rings (SSSR count). The molecular weight excluding hydrogens is 414 g/mol. The molecule has 2 aromatic carbocycles. The third-order valence-electron chi connectivity index (χ3n) is 4.92. The second kappa shape index (κ2) is 7.90. The van der Waals surface area contributed by atoms with Gasteiger partial charge in [0.1, 0.15) is 0 Å². The fraction of sp³-hybridized carbons (Fsp3) is 0.333. The van der Waals surface area contributed by atoms with Crippen LogP contribution < -0.4 is 0 Å². The van der Waals surface area contributed by atoms with Crippen molar-refractivity contribution in [2.45, 2.75) is 43.7 Å². The maximum atomic E-state index is 6.47. The van der Waals surface area contributed by atoms with Crippen LogP contribution in [0.5, 0.6) is 0 Å². The zero-order valence-corrected chi connectivity index (χ0v) is 18.5. The van der Waals surface area contributed by atoms with Crippen LogP contribution in [0.3, 0.4) is 0 Å². The molecule has 0 saturated carbocycles. The van der Waals surface area contributed by atoms with Crippen molar-refractivity contribution in [3.8, 4) is 11.1 Å². The van der Waals surface area contributed by atoms with Gasteiger partial charge < -0.3 is 0 Å². The van der Waals surface area contributed by atoms with Crippen molar-refractivity contribution < 1.29 is 19.4 Å². The summed E-state index contributed by atoms with van der Waals surface area (Å²) in [7, 11) is 12.9. The molecule has 0 bridgehead atoms. The molecule has 3 heteroatoms. The zero-order valence-electron chi connectivity index (χ0n) is 14.5. The van der Waals surface area contributed by atoms with Gasteiger partial charge in [0, 0.05) is 0 Å². The van der Waals surface area contributed by atoms with Crippen LogP contribution in [-0.4, -0.2) is 0 Å². The Morgan fingerprint density at radius 3 is 2.33 bits per heavy atom. The zero-order chi connectivity index (χ0) is 17.3. The molecule has 125 valence electrons. The van der Waals surface area contributed by atoms with E-state index in [4.69, 9.17) is 17.0 Å². The topological polar surface area (TPSA) is 0 Å². The van der Waals surface area contributed by atoms with Crippen molar-refractivity contribution in [1.29, 1.82) is 0 Å². The van der Waals surface area contributed by atoms with Gasteiger partial charge in [-0.15, -0.1) is 0 Å². The Balaban J connectivity index is 2.02. The molecule has 0 aromatic heterocycles.